The Morgan fingerprint density at radius 3 is 2.61 bits per heavy atom. The minimum atomic E-state index is -0.171. The monoisotopic (exact) mass is 354 g/mol. The fourth-order valence-electron chi connectivity index (χ4n) is 2.16. The Hall–Kier alpha value is -0.845. The summed E-state index contributed by atoms with van der Waals surface area (Å²) in [5, 5.41) is 0. The van der Waals surface area contributed by atoms with Gasteiger partial charge in [0.1, 0.15) is 0 Å². The predicted octanol–water partition coefficient (Wildman–Crippen LogP) is 2.04. The molecule has 1 aromatic rings. The van der Waals surface area contributed by atoms with Gasteiger partial charge in [-0.25, -0.2) is 3.11 Å². The van der Waals surface area contributed by atoms with Gasteiger partial charge in [-0.15, -0.1) is 0 Å². The minimum absolute atomic E-state index is 0.0900. The second kappa shape index (κ2) is 5.86. The summed E-state index contributed by atoms with van der Waals surface area (Å²) in [6.45, 7) is 2.10. The van der Waals surface area contributed by atoms with Crippen LogP contribution in [0.25, 0.3) is 0 Å². The molecule has 1 atom stereocenters. The van der Waals surface area contributed by atoms with Crippen molar-refractivity contribution in [1.82, 2.24) is 3.11 Å². The summed E-state index contributed by atoms with van der Waals surface area (Å²) < 4.78 is 1.22. The van der Waals surface area contributed by atoms with Crippen molar-refractivity contribution in [3.05, 3.63) is 29.8 Å². The first kappa shape index (κ1) is 13.6. The first-order valence-corrected chi connectivity index (χ1v) is 7.05. The molecule has 0 N–H and O–H groups in total. The van der Waals surface area contributed by atoms with Crippen molar-refractivity contribution in [1.29, 1.82) is 0 Å². The number of carbonyl (C=O) groups excluding carboxylic acids is 2. The van der Waals surface area contributed by atoms with Crippen LogP contribution in [0.5, 0.6) is 0 Å². The molecule has 3 nitrogen and oxygen atoms in total. The van der Waals surface area contributed by atoms with Crippen LogP contribution in [0, 0.1) is 0 Å². The lowest BCUT2D eigenvalue weighted by Crippen LogP contribution is -2.37. The van der Waals surface area contributed by atoms with E-state index in [-0.39, 0.29) is 17.7 Å². The molecule has 1 heterocycles. The van der Waals surface area contributed by atoms with Gasteiger partial charge in [0, 0.05) is 6.42 Å². The fraction of sp³-hybridized carbons (Fsp3) is 0.385. The number of halogens is 1. The summed E-state index contributed by atoms with van der Waals surface area (Å²) in [5.41, 5.74) is 2.18. The number of hydrogen-bond acceptors (Lipinski definition) is 2. The van der Waals surface area contributed by atoms with Gasteiger partial charge in [-0.2, -0.15) is 0 Å². The Bertz CT molecular complexity index is 461. The Morgan fingerprint density at radius 1 is 1.33 bits per heavy atom. The molecule has 1 radical (unpaired) electrons. The molecular formula is C13H14BINO2. The third-order valence-corrected chi connectivity index (χ3v) is 4.15. The zero-order valence-electron chi connectivity index (χ0n) is 10.2. The quantitative estimate of drug-likeness (QED) is 0.361. The number of imide groups is 1. The molecule has 1 aliphatic heterocycles. The van der Waals surface area contributed by atoms with Crippen LogP contribution in [0.1, 0.15) is 31.2 Å². The van der Waals surface area contributed by atoms with E-state index in [4.69, 9.17) is 0 Å². The van der Waals surface area contributed by atoms with Gasteiger partial charge in [0.25, 0.3) is 0 Å². The van der Waals surface area contributed by atoms with Gasteiger partial charge >= 0.3 is 0 Å². The average Bonchev–Trinajstić information content (AvgIpc) is 2.38. The zero-order valence-corrected chi connectivity index (χ0v) is 12.4. The van der Waals surface area contributed by atoms with Crippen molar-refractivity contribution in [3.63, 3.8) is 0 Å². The molecule has 0 spiro atoms. The maximum Gasteiger partial charge on any atom is 0.245 e. The predicted molar refractivity (Wildman–Crippen MR) is 80.2 cm³/mol. The molecule has 0 aromatic heterocycles. The second-order valence-electron chi connectivity index (χ2n) is 4.38. The van der Waals surface area contributed by atoms with Gasteiger partial charge in [-0.1, -0.05) is 43.0 Å². The van der Waals surface area contributed by atoms with Crippen molar-refractivity contribution < 1.29 is 9.59 Å². The molecule has 2 rings (SSSR count). The number of benzene rings is 1. The molecule has 2 amide bonds. The van der Waals surface area contributed by atoms with Gasteiger partial charge in [0.2, 0.25) is 11.8 Å². The Balaban J connectivity index is 2.16. The van der Waals surface area contributed by atoms with Crippen molar-refractivity contribution in [2.75, 3.05) is 0 Å². The molecular weight excluding hydrogens is 340 g/mol. The molecule has 18 heavy (non-hydrogen) atoms. The molecule has 0 aliphatic carbocycles. The summed E-state index contributed by atoms with van der Waals surface area (Å²) in [6, 6.07) is 8.04. The van der Waals surface area contributed by atoms with Gasteiger partial charge in [-0.3, -0.25) is 9.59 Å². The van der Waals surface area contributed by atoms with Gasteiger partial charge in [-0.05, 0) is 12.0 Å². The number of rotatable bonds is 3. The molecule has 1 aliphatic rings. The van der Waals surface area contributed by atoms with E-state index in [1.54, 1.807) is 22.9 Å². The molecule has 0 saturated carbocycles. The first-order valence-electron chi connectivity index (χ1n) is 6.09. The van der Waals surface area contributed by atoms with Crippen LogP contribution < -0.4 is 5.46 Å². The summed E-state index contributed by atoms with van der Waals surface area (Å²) in [4.78, 5) is 23.4. The second-order valence-corrected chi connectivity index (χ2v) is 5.35. The maximum absolute atomic E-state index is 12.0. The Kier molecular flexibility index (Phi) is 4.42. The molecule has 1 saturated heterocycles. The van der Waals surface area contributed by atoms with E-state index < -0.39 is 0 Å². The molecule has 1 unspecified atom stereocenters. The smallest absolute Gasteiger partial charge is 0.245 e. The van der Waals surface area contributed by atoms with Gasteiger partial charge in [0.05, 0.1) is 28.8 Å². The van der Waals surface area contributed by atoms with Crippen molar-refractivity contribution >= 4 is 47.4 Å². The number of piperidine rings is 1. The summed E-state index contributed by atoms with van der Waals surface area (Å²) in [7, 11) is 2.14. The summed E-state index contributed by atoms with van der Waals surface area (Å²) in [5.74, 6) is -0.359. The third-order valence-electron chi connectivity index (χ3n) is 3.14. The highest BCUT2D eigenvalue weighted by Gasteiger charge is 2.33. The highest BCUT2D eigenvalue weighted by atomic mass is 127. The normalized spacial score (nSPS) is 20.1. The van der Waals surface area contributed by atoms with E-state index >= 15 is 0 Å². The van der Waals surface area contributed by atoms with Crippen molar-refractivity contribution in [2.45, 2.75) is 32.0 Å². The Labute approximate surface area is 122 Å². The van der Waals surface area contributed by atoms with Crippen molar-refractivity contribution in [3.8, 4) is 0 Å². The van der Waals surface area contributed by atoms with E-state index in [1.807, 2.05) is 24.3 Å². The van der Waals surface area contributed by atoms with Crippen LogP contribution in [0.2, 0.25) is 6.32 Å². The van der Waals surface area contributed by atoms with E-state index in [2.05, 4.69) is 14.2 Å². The molecule has 0 bridgehead atoms. The van der Waals surface area contributed by atoms with Crippen molar-refractivity contribution in [2.24, 2.45) is 0 Å². The first-order chi connectivity index (χ1) is 8.63. The van der Waals surface area contributed by atoms with Gasteiger partial charge < -0.3 is 0 Å². The summed E-state index contributed by atoms with van der Waals surface area (Å²) in [6.07, 6.45) is 2.06. The van der Waals surface area contributed by atoms with E-state index in [9.17, 15) is 9.59 Å². The zero-order chi connectivity index (χ0) is 13.1. The Morgan fingerprint density at radius 2 is 2.00 bits per heavy atom. The highest BCUT2D eigenvalue weighted by Crippen LogP contribution is 2.30. The van der Waals surface area contributed by atoms with E-state index in [1.165, 1.54) is 8.58 Å². The number of carbonyl (C=O) groups is 2. The highest BCUT2D eigenvalue weighted by molar-refractivity contribution is 14.1. The summed E-state index contributed by atoms with van der Waals surface area (Å²) >= 11 is 1.80. The topological polar surface area (TPSA) is 37.4 Å². The molecule has 5 heteroatoms. The largest absolute Gasteiger partial charge is 0.274 e. The standard InChI is InChI=1S/C13H14BINO2/c1-2-14-10-5-3-9(4-6-10)11-7-8-12(17)16(15)13(11)18/h3-6,11H,2,7-8H2,1H3. The average molecular weight is 354 g/mol. The van der Waals surface area contributed by atoms with E-state index in [0.717, 1.165) is 11.9 Å². The van der Waals surface area contributed by atoms with Crippen LogP contribution in [0.15, 0.2) is 24.3 Å². The van der Waals surface area contributed by atoms with Crippen LogP contribution in [-0.2, 0) is 9.59 Å². The van der Waals surface area contributed by atoms with E-state index in [0.29, 0.717) is 12.8 Å². The fourth-order valence-corrected chi connectivity index (χ4v) is 2.74. The SMILES string of the molecule is CC[B]c1ccc(C2CCC(=O)N(I)C2=O)cc1. The maximum atomic E-state index is 12.0. The lowest BCUT2D eigenvalue weighted by atomic mass is 9.68. The molecule has 93 valence electrons. The number of amides is 2. The minimum Gasteiger partial charge on any atom is -0.274 e. The molecule has 1 fully saturated rings. The third kappa shape index (κ3) is 2.76. The lowest BCUT2D eigenvalue weighted by molar-refractivity contribution is -0.140. The number of hydrogen-bond donors (Lipinski definition) is 0. The number of nitrogens with zero attached hydrogens (tertiary/aromatic N) is 1. The van der Waals surface area contributed by atoms with Gasteiger partial charge in [0.15, 0.2) is 7.28 Å². The van der Waals surface area contributed by atoms with Crippen LogP contribution in [-0.4, -0.2) is 22.2 Å². The lowest BCUT2D eigenvalue weighted by Gasteiger charge is -2.26. The van der Waals surface area contributed by atoms with Crippen LogP contribution in [0.4, 0.5) is 0 Å². The molecule has 1 aromatic carbocycles. The van der Waals surface area contributed by atoms with Crippen LogP contribution >= 0.6 is 22.9 Å². The van der Waals surface area contributed by atoms with Crippen LogP contribution in [0.3, 0.4) is 0 Å².